The van der Waals surface area contributed by atoms with Crippen LogP contribution in [0.15, 0.2) is 46.8 Å². The lowest BCUT2D eigenvalue weighted by Crippen LogP contribution is -2.18. The van der Waals surface area contributed by atoms with Gasteiger partial charge in [-0.1, -0.05) is 30.3 Å². The molecule has 0 fully saturated rings. The SMILES string of the molecule is CC1=C(OCc2ccccc2)C(O)CC=N1. The molecule has 1 heterocycles. The van der Waals surface area contributed by atoms with Crippen molar-refractivity contribution >= 4 is 6.21 Å². The molecule has 1 aromatic rings. The van der Waals surface area contributed by atoms with Gasteiger partial charge in [0.1, 0.15) is 18.5 Å². The smallest absolute Gasteiger partial charge is 0.146 e. The summed E-state index contributed by atoms with van der Waals surface area (Å²) in [5, 5.41) is 9.74. The van der Waals surface area contributed by atoms with Crippen molar-refractivity contribution in [2.45, 2.75) is 26.1 Å². The van der Waals surface area contributed by atoms with Crippen molar-refractivity contribution in [1.29, 1.82) is 0 Å². The molecule has 84 valence electrons. The molecule has 0 radical (unpaired) electrons. The molecule has 1 aliphatic rings. The van der Waals surface area contributed by atoms with E-state index in [1.54, 1.807) is 6.21 Å². The molecule has 1 atom stereocenters. The third-order valence-corrected chi connectivity index (χ3v) is 2.51. The van der Waals surface area contributed by atoms with E-state index in [9.17, 15) is 5.11 Å². The first-order chi connectivity index (χ1) is 7.77. The Bertz CT molecular complexity index is 409. The number of aliphatic imine (C=N–C) groups is 1. The predicted molar refractivity (Wildman–Crippen MR) is 63.0 cm³/mol. The maximum atomic E-state index is 9.74. The zero-order valence-electron chi connectivity index (χ0n) is 9.26. The van der Waals surface area contributed by atoms with Crippen LogP contribution in [0.25, 0.3) is 0 Å². The van der Waals surface area contributed by atoms with Crippen LogP contribution >= 0.6 is 0 Å². The van der Waals surface area contributed by atoms with Gasteiger partial charge in [-0.25, -0.2) is 0 Å². The highest BCUT2D eigenvalue weighted by Gasteiger charge is 2.17. The van der Waals surface area contributed by atoms with Gasteiger partial charge in [0.25, 0.3) is 0 Å². The van der Waals surface area contributed by atoms with Crippen molar-refractivity contribution < 1.29 is 9.84 Å². The largest absolute Gasteiger partial charge is 0.489 e. The van der Waals surface area contributed by atoms with Crippen molar-refractivity contribution in [2.75, 3.05) is 0 Å². The van der Waals surface area contributed by atoms with Gasteiger partial charge in [-0.15, -0.1) is 0 Å². The highest BCUT2D eigenvalue weighted by molar-refractivity contribution is 5.62. The lowest BCUT2D eigenvalue weighted by molar-refractivity contribution is 0.0938. The summed E-state index contributed by atoms with van der Waals surface area (Å²) < 4.78 is 5.61. The molecule has 0 saturated carbocycles. The Hall–Kier alpha value is -1.61. The molecule has 0 spiro atoms. The first-order valence-corrected chi connectivity index (χ1v) is 5.35. The molecule has 1 unspecified atom stereocenters. The molecule has 1 N–H and O–H groups in total. The topological polar surface area (TPSA) is 41.8 Å². The van der Waals surface area contributed by atoms with Crippen LogP contribution < -0.4 is 0 Å². The Morgan fingerprint density at radius 3 is 2.81 bits per heavy atom. The van der Waals surface area contributed by atoms with Crippen LogP contribution in [0.3, 0.4) is 0 Å². The molecule has 1 aromatic carbocycles. The molecule has 0 amide bonds. The molecule has 2 rings (SSSR count). The van der Waals surface area contributed by atoms with Crippen molar-refractivity contribution in [2.24, 2.45) is 4.99 Å². The summed E-state index contributed by atoms with van der Waals surface area (Å²) in [6.45, 7) is 2.32. The molecule has 1 aliphatic heterocycles. The number of hydrogen-bond acceptors (Lipinski definition) is 3. The van der Waals surface area contributed by atoms with Crippen LogP contribution in [0.5, 0.6) is 0 Å². The third-order valence-electron chi connectivity index (χ3n) is 2.51. The third kappa shape index (κ3) is 2.49. The second-order valence-electron chi connectivity index (χ2n) is 3.79. The van der Waals surface area contributed by atoms with Gasteiger partial charge >= 0.3 is 0 Å². The van der Waals surface area contributed by atoms with Gasteiger partial charge < -0.3 is 9.84 Å². The van der Waals surface area contributed by atoms with E-state index in [0.717, 1.165) is 11.3 Å². The summed E-state index contributed by atoms with van der Waals surface area (Å²) in [6.07, 6.45) is 1.69. The lowest BCUT2D eigenvalue weighted by Gasteiger charge is -2.19. The maximum Gasteiger partial charge on any atom is 0.146 e. The van der Waals surface area contributed by atoms with Gasteiger partial charge in [0.2, 0.25) is 0 Å². The van der Waals surface area contributed by atoms with Crippen LogP contribution in [0, 0.1) is 0 Å². The molecular formula is C13H15NO2. The maximum absolute atomic E-state index is 9.74. The minimum atomic E-state index is -0.554. The molecule has 0 aliphatic carbocycles. The van der Waals surface area contributed by atoms with Gasteiger partial charge in [-0.3, -0.25) is 4.99 Å². The first-order valence-electron chi connectivity index (χ1n) is 5.35. The summed E-state index contributed by atoms with van der Waals surface area (Å²) in [5.41, 5.74) is 1.85. The minimum Gasteiger partial charge on any atom is -0.489 e. The number of rotatable bonds is 3. The first kappa shape index (κ1) is 10.9. The number of aliphatic hydroxyl groups excluding tert-OH is 1. The normalized spacial score (nSPS) is 20.0. The summed E-state index contributed by atoms with van der Waals surface area (Å²) in [6, 6.07) is 9.89. The van der Waals surface area contributed by atoms with E-state index in [-0.39, 0.29) is 0 Å². The van der Waals surface area contributed by atoms with E-state index in [1.807, 2.05) is 37.3 Å². The number of hydrogen-bond donors (Lipinski definition) is 1. The molecule has 3 nitrogen and oxygen atoms in total. The van der Waals surface area contributed by atoms with E-state index in [4.69, 9.17) is 4.74 Å². The minimum absolute atomic E-state index is 0.472. The van der Waals surface area contributed by atoms with Crippen LogP contribution in [0.2, 0.25) is 0 Å². The zero-order chi connectivity index (χ0) is 11.4. The van der Waals surface area contributed by atoms with Crippen LogP contribution in [-0.2, 0) is 11.3 Å². The average Bonchev–Trinajstić information content (AvgIpc) is 2.30. The fraction of sp³-hybridized carbons (Fsp3) is 0.308. The van der Waals surface area contributed by atoms with E-state index in [2.05, 4.69) is 4.99 Å². The summed E-state index contributed by atoms with van der Waals surface area (Å²) >= 11 is 0. The zero-order valence-corrected chi connectivity index (χ0v) is 9.26. The van der Waals surface area contributed by atoms with Gasteiger partial charge in [-0.2, -0.15) is 0 Å². The standard InChI is InChI=1S/C13H15NO2/c1-10-13(12(15)7-8-14-10)16-9-11-5-3-2-4-6-11/h2-6,8,12,15H,7,9H2,1H3. The second kappa shape index (κ2) is 4.94. The number of nitrogens with zero attached hydrogens (tertiary/aromatic N) is 1. The van der Waals surface area contributed by atoms with Crippen molar-refractivity contribution in [3.05, 3.63) is 47.4 Å². The van der Waals surface area contributed by atoms with E-state index in [0.29, 0.717) is 18.8 Å². The molecule has 0 aromatic heterocycles. The van der Waals surface area contributed by atoms with Crippen molar-refractivity contribution in [3.8, 4) is 0 Å². The fourth-order valence-corrected chi connectivity index (χ4v) is 1.64. The highest BCUT2D eigenvalue weighted by atomic mass is 16.5. The van der Waals surface area contributed by atoms with E-state index >= 15 is 0 Å². The highest BCUT2D eigenvalue weighted by Crippen LogP contribution is 2.19. The van der Waals surface area contributed by atoms with Gasteiger partial charge in [0.05, 0.1) is 5.70 Å². The van der Waals surface area contributed by atoms with Crippen LogP contribution in [-0.4, -0.2) is 17.4 Å². The molecule has 3 heteroatoms. The second-order valence-corrected chi connectivity index (χ2v) is 3.79. The van der Waals surface area contributed by atoms with E-state index in [1.165, 1.54) is 0 Å². The molecule has 16 heavy (non-hydrogen) atoms. The Morgan fingerprint density at radius 2 is 2.12 bits per heavy atom. The molecular weight excluding hydrogens is 202 g/mol. The number of aliphatic hydroxyl groups is 1. The Morgan fingerprint density at radius 1 is 1.38 bits per heavy atom. The summed E-state index contributed by atoms with van der Waals surface area (Å²) in [5.74, 6) is 0.589. The summed E-state index contributed by atoms with van der Waals surface area (Å²) in [4.78, 5) is 4.14. The monoisotopic (exact) mass is 217 g/mol. The van der Waals surface area contributed by atoms with E-state index < -0.39 is 6.10 Å². The van der Waals surface area contributed by atoms with Gasteiger partial charge in [-0.05, 0) is 12.5 Å². The summed E-state index contributed by atoms with van der Waals surface area (Å²) in [7, 11) is 0. The predicted octanol–water partition coefficient (Wildman–Crippen LogP) is 2.27. The van der Waals surface area contributed by atoms with Gasteiger partial charge in [0.15, 0.2) is 0 Å². The fourth-order valence-electron chi connectivity index (χ4n) is 1.64. The van der Waals surface area contributed by atoms with Crippen LogP contribution in [0.4, 0.5) is 0 Å². The van der Waals surface area contributed by atoms with Crippen molar-refractivity contribution in [1.82, 2.24) is 0 Å². The van der Waals surface area contributed by atoms with Crippen LogP contribution in [0.1, 0.15) is 18.9 Å². The lowest BCUT2D eigenvalue weighted by atomic mass is 10.1. The number of benzene rings is 1. The van der Waals surface area contributed by atoms with Crippen molar-refractivity contribution in [3.63, 3.8) is 0 Å². The number of ether oxygens (including phenoxy) is 1. The van der Waals surface area contributed by atoms with Gasteiger partial charge in [0, 0.05) is 12.6 Å². The molecule has 0 saturated heterocycles. The Balaban J connectivity index is 2.02. The Labute approximate surface area is 95.1 Å². The molecule has 0 bridgehead atoms. The Kier molecular flexibility index (Phi) is 3.37. The average molecular weight is 217 g/mol. The quantitative estimate of drug-likeness (QED) is 0.843. The number of allylic oxidation sites excluding steroid dienone is 1.